The van der Waals surface area contributed by atoms with Crippen molar-refractivity contribution in [1.29, 1.82) is 0 Å². The lowest BCUT2D eigenvalue weighted by atomic mass is 9.75. The predicted molar refractivity (Wildman–Crippen MR) is 136 cm³/mol. The summed E-state index contributed by atoms with van der Waals surface area (Å²) < 4.78 is 46.0. The van der Waals surface area contributed by atoms with Crippen molar-refractivity contribution in [1.82, 2.24) is 5.01 Å². The van der Waals surface area contributed by atoms with Crippen LogP contribution in [0.2, 0.25) is 5.02 Å². The molecule has 1 N–H and O–H groups in total. The van der Waals surface area contributed by atoms with E-state index in [1.165, 1.54) is 11.1 Å². The third-order valence-corrected chi connectivity index (χ3v) is 6.26. The van der Waals surface area contributed by atoms with Crippen molar-refractivity contribution in [2.75, 3.05) is 25.0 Å². The fraction of sp³-hybridized carbons (Fsp3) is 0.320. The lowest BCUT2D eigenvalue weighted by molar-refractivity contribution is -0.151. The van der Waals surface area contributed by atoms with Crippen molar-refractivity contribution in [3.05, 3.63) is 75.2 Å². The molecule has 36 heavy (non-hydrogen) atoms. The van der Waals surface area contributed by atoms with Crippen LogP contribution in [0, 0.1) is 5.41 Å². The number of anilines is 1. The van der Waals surface area contributed by atoms with E-state index in [9.17, 15) is 22.8 Å². The van der Waals surface area contributed by atoms with E-state index in [2.05, 4.69) is 32.9 Å². The molecule has 0 bridgehead atoms. The van der Waals surface area contributed by atoms with Gasteiger partial charge in [-0.2, -0.15) is 18.3 Å². The molecule has 2 aromatic carbocycles. The lowest BCUT2D eigenvalue weighted by Gasteiger charge is -2.29. The number of nitrogens with one attached hydrogen (secondary N) is 1. The SMILES string of the molecule is C=C(C)CC1(C(=O)OCC)CN(CC(=O)Nc2ccc(Br)cc2)N=C1c1ccc(C(F)(F)F)c(Cl)c1. The van der Waals surface area contributed by atoms with Crippen molar-refractivity contribution in [3.8, 4) is 0 Å². The highest BCUT2D eigenvalue weighted by atomic mass is 79.9. The van der Waals surface area contributed by atoms with Gasteiger partial charge in [-0.25, -0.2) is 0 Å². The van der Waals surface area contributed by atoms with Gasteiger partial charge in [0.05, 0.1) is 29.4 Å². The van der Waals surface area contributed by atoms with Gasteiger partial charge in [0.2, 0.25) is 5.91 Å². The second-order valence-electron chi connectivity index (χ2n) is 8.46. The topological polar surface area (TPSA) is 71.0 Å². The molecule has 1 aliphatic rings. The molecule has 3 rings (SSSR count). The summed E-state index contributed by atoms with van der Waals surface area (Å²) in [4.78, 5) is 26.0. The summed E-state index contributed by atoms with van der Waals surface area (Å²) in [5.74, 6) is -1.00. The Morgan fingerprint density at radius 3 is 2.47 bits per heavy atom. The summed E-state index contributed by atoms with van der Waals surface area (Å²) in [5.41, 5.74) is -0.800. The van der Waals surface area contributed by atoms with Gasteiger partial charge in [0.15, 0.2) is 0 Å². The van der Waals surface area contributed by atoms with Gasteiger partial charge >= 0.3 is 12.1 Å². The zero-order chi connectivity index (χ0) is 26.7. The highest BCUT2D eigenvalue weighted by Crippen LogP contribution is 2.41. The molecule has 2 aromatic rings. The van der Waals surface area contributed by atoms with E-state index in [4.69, 9.17) is 16.3 Å². The van der Waals surface area contributed by atoms with Crippen molar-refractivity contribution in [2.24, 2.45) is 10.5 Å². The number of carbonyl (C=O) groups excluding carboxylic acids is 2. The van der Waals surface area contributed by atoms with Crippen LogP contribution < -0.4 is 5.32 Å². The van der Waals surface area contributed by atoms with Crippen LogP contribution in [0.25, 0.3) is 0 Å². The van der Waals surface area contributed by atoms with Crippen molar-refractivity contribution in [3.63, 3.8) is 0 Å². The second kappa shape index (κ2) is 11.0. The number of alkyl halides is 3. The monoisotopic (exact) mass is 585 g/mol. The summed E-state index contributed by atoms with van der Waals surface area (Å²) in [7, 11) is 0. The standard InChI is InChI=1S/C25H24BrClF3N3O3/c1-4-36-23(35)24(12-15(2)3)14-33(13-21(34)31-18-8-6-17(26)7-9-18)32-22(24)16-5-10-19(20(27)11-16)25(28,29)30/h5-11H,2,4,12-14H2,1,3H3,(H,31,34). The number of allylic oxidation sites excluding steroid dienone is 1. The molecule has 1 unspecified atom stereocenters. The largest absolute Gasteiger partial charge is 0.465 e. The van der Waals surface area contributed by atoms with Crippen molar-refractivity contribution >= 4 is 50.8 Å². The van der Waals surface area contributed by atoms with Gasteiger partial charge in [0, 0.05) is 15.7 Å². The Balaban J connectivity index is 1.99. The van der Waals surface area contributed by atoms with Crippen molar-refractivity contribution < 1.29 is 27.5 Å². The molecule has 0 spiro atoms. The molecular weight excluding hydrogens is 563 g/mol. The number of hydrogen-bond donors (Lipinski definition) is 1. The molecule has 0 saturated carbocycles. The summed E-state index contributed by atoms with van der Waals surface area (Å²) in [6, 6.07) is 10.2. The number of ether oxygens (including phenoxy) is 1. The average Bonchev–Trinajstić information content (AvgIpc) is 3.12. The quantitative estimate of drug-likeness (QED) is 0.291. The first kappa shape index (κ1) is 27.7. The number of rotatable bonds is 8. The molecule has 1 amide bonds. The third kappa shape index (κ3) is 6.28. The van der Waals surface area contributed by atoms with Gasteiger partial charge in [0.1, 0.15) is 12.0 Å². The van der Waals surface area contributed by atoms with Crippen LogP contribution in [0.15, 0.2) is 64.2 Å². The van der Waals surface area contributed by atoms with Gasteiger partial charge in [-0.3, -0.25) is 14.6 Å². The maximum Gasteiger partial charge on any atom is 0.417 e. The number of benzene rings is 2. The van der Waals surface area contributed by atoms with E-state index in [1.54, 1.807) is 38.1 Å². The Morgan fingerprint density at radius 1 is 1.25 bits per heavy atom. The van der Waals surface area contributed by atoms with E-state index in [0.717, 1.165) is 16.6 Å². The van der Waals surface area contributed by atoms with Gasteiger partial charge in [-0.05, 0) is 56.7 Å². The molecular formula is C25H24BrClF3N3O3. The Kier molecular flexibility index (Phi) is 8.51. The second-order valence-corrected chi connectivity index (χ2v) is 9.78. The highest BCUT2D eigenvalue weighted by molar-refractivity contribution is 9.10. The molecule has 192 valence electrons. The number of esters is 1. The number of nitrogens with zero attached hydrogens (tertiary/aromatic N) is 2. The van der Waals surface area contributed by atoms with Crippen LogP contribution in [0.5, 0.6) is 0 Å². The first-order chi connectivity index (χ1) is 16.9. The summed E-state index contributed by atoms with van der Waals surface area (Å²) in [6.45, 7) is 7.14. The molecule has 0 saturated heterocycles. The normalized spacial score (nSPS) is 17.5. The van der Waals surface area contributed by atoms with Gasteiger partial charge in [0.25, 0.3) is 0 Å². The zero-order valence-electron chi connectivity index (χ0n) is 19.6. The first-order valence-electron chi connectivity index (χ1n) is 10.9. The minimum Gasteiger partial charge on any atom is -0.465 e. The Hall–Kier alpha value is -2.85. The molecule has 0 aliphatic carbocycles. The van der Waals surface area contributed by atoms with Crippen LogP contribution in [-0.2, 0) is 20.5 Å². The maximum atomic E-state index is 13.3. The van der Waals surface area contributed by atoms with E-state index < -0.39 is 28.1 Å². The van der Waals surface area contributed by atoms with Crippen LogP contribution in [-0.4, -0.2) is 42.3 Å². The molecule has 6 nitrogen and oxygen atoms in total. The van der Waals surface area contributed by atoms with Crippen LogP contribution in [0.4, 0.5) is 18.9 Å². The summed E-state index contributed by atoms with van der Waals surface area (Å²) in [6.07, 6.45) is -4.52. The summed E-state index contributed by atoms with van der Waals surface area (Å²) >= 11 is 9.29. The fourth-order valence-electron chi connectivity index (χ4n) is 4.03. The van der Waals surface area contributed by atoms with Crippen LogP contribution >= 0.6 is 27.5 Å². The minimum absolute atomic E-state index is 0.0274. The Bertz CT molecular complexity index is 1200. The van der Waals surface area contributed by atoms with E-state index in [1.807, 2.05) is 0 Å². The lowest BCUT2D eigenvalue weighted by Crippen LogP contribution is -2.44. The molecule has 0 aromatic heterocycles. The van der Waals surface area contributed by atoms with E-state index >= 15 is 0 Å². The highest BCUT2D eigenvalue weighted by Gasteiger charge is 2.51. The van der Waals surface area contributed by atoms with Crippen molar-refractivity contribution in [2.45, 2.75) is 26.4 Å². The third-order valence-electron chi connectivity index (χ3n) is 5.42. The fourth-order valence-corrected chi connectivity index (χ4v) is 4.59. The zero-order valence-corrected chi connectivity index (χ0v) is 21.9. The molecule has 0 radical (unpaired) electrons. The molecule has 1 atom stereocenters. The number of halogens is 5. The Morgan fingerprint density at radius 2 is 1.92 bits per heavy atom. The summed E-state index contributed by atoms with van der Waals surface area (Å²) in [5, 5.41) is 8.12. The molecule has 1 heterocycles. The maximum absolute atomic E-state index is 13.3. The minimum atomic E-state index is -4.64. The van der Waals surface area contributed by atoms with E-state index in [-0.39, 0.29) is 43.3 Å². The molecule has 11 heteroatoms. The van der Waals surface area contributed by atoms with Gasteiger partial charge < -0.3 is 10.1 Å². The van der Waals surface area contributed by atoms with Gasteiger partial charge in [-0.15, -0.1) is 6.58 Å². The number of amides is 1. The first-order valence-corrected chi connectivity index (χ1v) is 12.1. The Labute approximate surface area is 220 Å². The predicted octanol–water partition coefficient (Wildman–Crippen LogP) is 6.30. The van der Waals surface area contributed by atoms with Crippen LogP contribution in [0.3, 0.4) is 0 Å². The number of carbonyl (C=O) groups is 2. The number of hydrazone groups is 1. The smallest absolute Gasteiger partial charge is 0.417 e. The van der Waals surface area contributed by atoms with Crippen LogP contribution in [0.1, 0.15) is 31.4 Å². The van der Waals surface area contributed by atoms with E-state index in [0.29, 0.717) is 11.3 Å². The van der Waals surface area contributed by atoms with Gasteiger partial charge in [-0.1, -0.05) is 39.2 Å². The number of hydrogen-bond acceptors (Lipinski definition) is 5. The molecule has 0 fully saturated rings. The average molecular weight is 587 g/mol. The molecule has 1 aliphatic heterocycles.